The monoisotopic (exact) mass is 368 g/mol. The summed E-state index contributed by atoms with van der Waals surface area (Å²) < 4.78 is 4.91. The standard InChI is InChI=1S/C17H12N4O6/c22-15-11-5-1-2-6-12(11)16(23)19-14(15)17(24)20-18-9-3-4-10-7-8-13(27-10)21(25)26/h1-9,22H,(H,19,23)(H,20,24). The minimum Gasteiger partial charge on any atom is -0.505 e. The maximum Gasteiger partial charge on any atom is 0.433 e. The summed E-state index contributed by atoms with van der Waals surface area (Å²) in [6, 6.07) is 9.01. The molecule has 10 nitrogen and oxygen atoms in total. The molecular weight excluding hydrogens is 356 g/mol. The highest BCUT2D eigenvalue weighted by molar-refractivity contribution is 6.03. The number of allylic oxidation sites excluding steroid dienone is 1. The van der Waals surface area contributed by atoms with Crippen LogP contribution >= 0.6 is 0 Å². The van der Waals surface area contributed by atoms with E-state index in [9.17, 15) is 25.1 Å². The van der Waals surface area contributed by atoms with Crippen LogP contribution in [-0.2, 0) is 0 Å². The lowest BCUT2D eigenvalue weighted by molar-refractivity contribution is -0.402. The van der Waals surface area contributed by atoms with Gasteiger partial charge in [0, 0.05) is 17.0 Å². The second kappa shape index (κ2) is 7.35. The number of amides is 1. The molecule has 136 valence electrons. The second-order valence-corrected chi connectivity index (χ2v) is 5.19. The van der Waals surface area contributed by atoms with Crippen molar-refractivity contribution in [2.24, 2.45) is 5.10 Å². The number of aromatic hydroxyl groups is 2. The average Bonchev–Trinajstić information content (AvgIpc) is 3.13. The largest absolute Gasteiger partial charge is 0.505 e. The lowest BCUT2D eigenvalue weighted by Gasteiger charge is -2.07. The maximum atomic E-state index is 12.1. The van der Waals surface area contributed by atoms with E-state index in [1.165, 1.54) is 36.6 Å². The number of carbonyl (C=O) groups excluding carboxylic acids is 1. The molecule has 1 aromatic carbocycles. The molecule has 2 heterocycles. The number of hydrazone groups is 1. The van der Waals surface area contributed by atoms with Crippen LogP contribution in [0.1, 0.15) is 16.2 Å². The Morgan fingerprint density at radius 3 is 2.67 bits per heavy atom. The van der Waals surface area contributed by atoms with Gasteiger partial charge < -0.3 is 14.6 Å². The van der Waals surface area contributed by atoms with Crippen LogP contribution in [0.25, 0.3) is 16.8 Å². The molecule has 10 heteroatoms. The number of aromatic nitrogens is 1. The van der Waals surface area contributed by atoms with Crippen LogP contribution in [0.2, 0.25) is 0 Å². The number of nitrogens with one attached hydrogen (secondary N) is 1. The van der Waals surface area contributed by atoms with Crippen molar-refractivity contribution in [3.63, 3.8) is 0 Å². The van der Waals surface area contributed by atoms with Gasteiger partial charge >= 0.3 is 5.88 Å². The zero-order chi connectivity index (χ0) is 19.4. The highest BCUT2D eigenvalue weighted by atomic mass is 16.6. The summed E-state index contributed by atoms with van der Waals surface area (Å²) in [4.78, 5) is 25.6. The predicted molar refractivity (Wildman–Crippen MR) is 95.4 cm³/mol. The van der Waals surface area contributed by atoms with Crippen LogP contribution < -0.4 is 5.43 Å². The molecule has 0 radical (unpaired) electrons. The highest BCUT2D eigenvalue weighted by Gasteiger charge is 2.18. The molecule has 0 aliphatic heterocycles. The van der Waals surface area contributed by atoms with Crippen molar-refractivity contribution < 1.29 is 24.3 Å². The Bertz CT molecular complexity index is 1090. The number of rotatable bonds is 5. The van der Waals surface area contributed by atoms with Gasteiger partial charge in [0.2, 0.25) is 5.88 Å². The van der Waals surface area contributed by atoms with Crippen molar-refractivity contribution in [3.05, 3.63) is 64.0 Å². The first-order valence-electron chi connectivity index (χ1n) is 7.52. The van der Waals surface area contributed by atoms with Crippen LogP contribution in [0.5, 0.6) is 11.6 Å². The van der Waals surface area contributed by atoms with E-state index in [2.05, 4.69) is 15.5 Å². The Morgan fingerprint density at radius 2 is 1.96 bits per heavy atom. The van der Waals surface area contributed by atoms with Crippen LogP contribution in [0.15, 0.2) is 52.0 Å². The molecule has 27 heavy (non-hydrogen) atoms. The Labute approximate surface area is 151 Å². The first-order valence-corrected chi connectivity index (χ1v) is 7.52. The molecule has 3 rings (SSSR count). The Kier molecular flexibility index (Phi) is 4.79. The summed E-state index contributed by atoms with van der Waals surface area (Å²) >= 11 is 0. The van der Waals surface area contributed by atoms with Gasteiger partial charge in [0.15, 0.2) is 11.4 Å². The number of pyridine rings is 1. The number of furan rings is 1. The van der Waals surface area contributed by atoms with Crippen molar-refractivity contribution in [2.45, 2.75) is 0 Å². The summed E-state index contributed by atoms with van der Waals surface area (Å²) in [5.41, 5.74) is 1.77. The van der Waals surface area contributed by atoms with Crippen molar-refractivity contribution in [1.29, 1.82) is 0 Å². The lowest BCUT2D eigenvalue weighted by Crippen LogP contribution is -2.19. The molecule has 0 aliphatic carbocycles. The quantitative estimate of drug-likeness (QED) is 0.355. The Morgan fingerprint density at radius 1 is 1.22 bits per heavy atom. The third-order valence-electron chi connectivity index (χ3n) is 3.46. The summed E-state index contributed by atoms with van der Waals surface area (Å²) in [5, 5.41) is 34.8. The first kappa shape index (κ1) is 17.6. The lowest BCUT2D eigenvalue weighted by atomic mass is 10.1. The van der Waals surface area contributed by atoms with E-state index in [-0.39, 0.29) is 22.6 Å². The van der Waals surface area contributed by atoms with Crippen LogP contribution in [0.4, 0.5) is 5.88 Å². The highest BCUT2D eigenvalue weighted by Crippen LogP contribution is 2.32. The van der Waals surface area contributed by atoms with Gasteiger partial charge in [-0.3, -0.25) is 14.9 Å². The molecule has 0 saturated heterocycles. The molecule has 3 N–H and O–H groups in total. The van der Waals surface area contributed by atoms with E-state index in [1.807, 2.05) is 0 Å². The molecule has 3 aromatic rings. The van der Waals surface area contributed by atoms with Gasteiger partial charge in [-0.05, 0) is 24.3 Å². The number of hydrogen-bond acceptors (Lipinski definition) is 8. The van der Waals surface area contributed by atoms with E-state index in [0.717, 1.165) is 0 Å². The third-order valence-corrected chi connectivity index (χ3v) is 3.46. The van der Waals surface area contributed by atoms with E-state index in [4.69, 9.17) is 4.42 Å². The van der Waals surface area contributed by atoms with Crippen molar-refractivity contribution in [2.75, 3.05) is 0 Å². The van der Waals surface area contributed by atoms with E-state index in [0.29, 0.717) is 5.39 Å². The molecule has 0 saturated carbocycles. The molecular formula is C17H12N4O6. The molecule has 0 bridgehead atoms. The zero-order valence-electron chi connectivity index (χ0n) is 13.6. The predicted octanol–water partition coefficient (Wildman–Crippen LogP) is 2.58. The van der Waals surface area contributed by atoms with Crippen molar-refractivity contribution in [3.8, 4) is 11.6 Å². The van der Waals surface area contributed by atoms with Gasteiger partial charge in [-0.15, -0.1) is 0 Å². The molecule has 0 aliphatic rings. The van der Waals surface area contributed by atoms with Gasteiger partial charge in [0.05, 0.1) is 6.07 Å². The fraction of sp³-hybridized carbons (Fsp3) is 0. The van der Waals surface area contributed by atoms with E-state index < -0.39 is 22.6 Å². The number of benzene rings is 1. The maximum absolute atomic E-state index is 12.1. The molecule has 0 spiro atoms. The van der Waals surface area contributed by atoms with E-state index >= 15 is 0 Å². The SMILES string of the molecule is O=C(NN=CC=Cc1ccc([N+](=O)[O-])o1)c1nc(O)c2ccccc2c1O. The second-order valence-electron chi connectivity index (χ2n) is 5.19. The van der Waals surface area contributed by atoms with Gasteiger partial charge in [-0.1, -0.05) is 18.2 Å². The van der Waals surface area contributed by atoms with Gasteiger partial charge in [-0.2, -0.15) is 5.10 Å². The summed E-state index contributed by atoms with van der Waals surface area (Å²) in [7, 11) is 0. The molecule has 2 aromatic heterocycles. The number of carbonyl (C=O) groups is 1. The smallest absolute Gasteiger partial charge is 0.433 e. The Balaban J connectivity index is 1.69. The van der Waals surface area contributed by atoms with Crippen LogP contribution in [0, 0.1) is 10.1 Å². The molecule has 0 fully saturated rings. The summed E-state index contributed by atoms with van der Waals surface area (Å²) in [6.45, 7) is 0. The topological polar surface area (TPSA) is 151 Å². The zero-order valence-corrected chi connectivity index (χ0v) is 13.6. The summed E-state index contributed by atoms with van der Waals surface area (Å²) in [6.07, 6.45) is 3.98. The van der Waals surface area contributed by atoms with Gasteiger partial charge in [-0.25, -0.2) is 10.4 Å². The number of hydrogen-bond donors (Lipinski definition) is 3. The number of nitro groups is 1. The van der Waals surface area contributed by atoms with Crippen LogP contribution in [0.3, 0.4) is 0 Å². The first-order chi connectivity index (χ1) is 13.0. The van der Waals surface area contributed by atoms with Gasteiger partial charge in [0.25, 0.3) is 5.91 Å². The molecule has 0 atom stereocenters. The van der Waals surface area contributed by atoms with Crippen molar-refractivity contribution in [1.82, 2.24) is 10.4 Å². The third kappa shape index (κ3) is 3.74. The number of nitrogens with zero attached hydrogens (tertiary/aromatic N) is 3. The minimum absolute atomic E-state index is 0.234. The van der Waals surface area contributed by atoms with Gasteiger partial charge in [0.1, 0.15) is 10.7 Å². The molecule has 0 unspecified atom stereocenters. The number of fused-ring (bicyclic) bond motifs is 1. The average molecular weight is 368 g/mol. The fourth-order valence-electron chi connectivity index (χ4n) is 2.25. The van der Waals surface area contributed by atoms with Crippen molar-refractivity contribution >= 4 is 34.9 Å². The normalized spacial score (nSPS) is 11.4. The summed E-state index contributed by atoms with van der Waals surface area (Å²) in [5.74, 6) is -1.76. The molecule has 1 amide bonds. The van der Waals surface area contributed by atoms with E-state index in [1.54, 1.807) is 18.2 Å². The minimum atomic E-state index is -0.827. The van der Waals surface area contributed by atoms with Crippen LogP contribution in [-0.4, -0.2) is 32.2 Å². The Hall–Kier alpha value is -4.21. The fourth-order valence-corrected chi connectivity index (χ4v) is 2.25.